The molecule has 114 valence electrons. The van der Waals surface area contributed by atoms with Crippen LogP contribution in [0, 0.1) is 5.92 Å². The van der Waals surface area contributed by atoms with Gasteiger partial charge < -0.3 is 16.0 Å². The van der Waals surface area contributed by atoms with E-state index in [0.717, 1.165) is 31.5 Å². The van der Waals surface area contributed by atoms with E-state index >= 15 is 0 Å². The van der Waals surface area contributed by atoms with Crippen molar-refractivity contribution in [2.45, 2.75) is 19.3 Å². The summed E-state index contributed by atoms with van der Waals surface area (Å²) >= 11 is 0. The summed E-state index contributed by atoms with van der Waals surface area (Å²) in [5.41, 5.74) is 6.77. The fraction of sp³-hybridized carbons (Fsp3) is 0.500. The zero-order valence-electron chi connectivity index (χ0n) is 12.3. The van der Waals surface area contributed by atoms with E-state index in [-0.39, 0.29) is 30.8 Å². The van der Waals surface area contributed by atoms with Gasteiger partial charge in [-0.15, -0.1) is 0 Å². The molecule has 1 aromatic carbocycles. The average molecular weight is 289 g/mol. The lowest BCUT2D eigenvalue weighted by atomic mass is 9.98. The van der Waals surface area contributed by atoms with Crippen LogP contribution < -0.4 is 11.1 Å². The second-order valence-electron chi connectivity index (χ2n) is 5.43. The number of likely N-dealkylation sites (tertiary alicyclic amines) is 1. The third-order valence-electron chi connectivity index (χ3n) is 3.85. The number of nitrogens with two attached hydrogens (primary N) is 1. The van der Waals surface area contributed by atoms with Crippen molar-refractivity contribution in [1.29, 1.82) is 0 Å². The molecule has 0 aromatic heterocycles. The standard InChI is InChI=1S/C16H23N3O2/c17-11-14(10-13-6-2-1-3-7-13)16(21)18-12-15(20)19-8-4-5-9-19/h1-3,6-7,14H,4-5,8-12,17H2,(H,18,21). The lowest BCUT2D eigenvalue weighted by Crippen LogP contribution is -2.42. The highest BCUT2D eigenvalue weighted by molar-refractivity contribution is 5.86. The molecule has 5 heteroatoms. The van der Waals surface area contributed by atoms with Crippen LogP contribution in [-0.4, -0.2) is 42.9 Å². The molecule has 1 aliphatic heterocycles. The fourth-order valence-corrected chi connectivity index (χ4v) is 2.57. The van der Waals surface area contributed by atoms with Crippen molar-refractivity contribution < 1.29 is 9.59 Å². The molecule has 1 fully saturated rings. The van der Waals surface area contributed by atoms with E-state index in [1.807, 2.05) is 30.3 Å². The highest BCUT2D eigenvalue weighted by Gasteiger charge is 2.21. The first-order valence-electron chi connectivity index (χ1n) is 7.50. The monoisotopic (exact) mass is 289 g/mol. The molecule has 1 atom stereocenters. The summed E-state index contributed by atoms with van der Waals surface area (Å²) < 4.78 is 0. The van der Waals surface area contributed by atoms with Gasteiger partial charge in [-0.25, -0.2) is 0 Å². The van der Waals surface area contributed by atoms with E-state index in [0.29, 0.717) is 6.42 Å². The van der Waals surface area contributed by atoms with Gasteiger partial charge in [0, 0.05) is 19.6 Å². The Hall–Kier alpha value is -1.88. The molecule has 3 N–H and O–H groups in total. The topological polar surface area (TPSA) is 75.4 Å². The van der Waals surface area contributed by atoms with E-state index in [9.17, 15) is 9.59 Å². The molecule has 2 amide bonds. The molecule has 1 saturated heterocycles. The predicted molar refractivity (Wildman–Crippen MR) is 81.5 cm³/mol. The molecule has 0 radical (unpaired) electrons. The minimum absolute atomic E-state index is 0.00340. The van der Waals surface area contributed by atoms with Crippen LogP contribution in [0.3, 0.4) is 0 Å². The van der Waals surface area contributed by atoms with E-state index in [2.05, 4.69) is 5.32 Å². The summed E-state index contributed by atoms with van der Waals surface area (Å²) in [6.07, 6.45) is 2.71. The van der Waals surface area contributed by atoms with Gasteiger partial charge >= 0.3 is 0 Å². The second kappa shape index (κ2) is 7.78. The van der Waals surface area contributed by atoms with Crippen LogP contribution in [0.2, 0.25) is 0 Å². The number of benzene rings is 1. The maximum Gasteiger partial charge on any atom is 0.241 e. The van der Waals surface area contributed by atoms with Crippen LogP contribution in [0.4, 0.5) is 0 Å². The quantitative estimate of drug-likeness (QED) is 0.802. The first-order chi connectivity index (χ1) is 10.2. The molecule has 1 heterocycles. The first-order valence-corrected chi connectivity index (χ1v) is 7.50. The molecular formula is C16H23N3O2. The van der Waals surface area contributed by atoms with Crippen LogP contribution in [0.15, 0.2) is 30.3 Å². The van der Waals surface area contributed by atoms with Crippen molar-refractivity contribution in [1.82, 2.24) is 10.2 Å². The molecular weight excluding hydrogens is 266 g/mol. The first kappa shape index (κ1) is 15.5. The predicted octanol–water partition coefficient (Wildman–Crippen LogP) is 0.543. The number of rotatable bonds is 6. The van der Waals surface area contributed by atoms with Gasteiger partial charge in [-0.1, -0.05) is 30.3 Å². The third-order valence-corrected chi connectivity index (χ3v) is 3.85. The van der Waals surface area contributed by atoms with Crippen molar-refractivity contribution >= 4 is 11.8 Å². The Kier molecular flexibility index (Phi) is 5.75. The molecule has 1 aromatic rings. The van der Waals surface area contributed by atoms with Gasteiger partial charge in [0.2, 0.25) is 11.8 Å². The van der Waals surface area contributed by atoms with E-state index in [4.69, 9.17) is 5.73 Å². The fourth-order valence-electron chi connectivity index (χ4n) is 2.57. The summed E-state index contributed by atoms with van der Waals surface area (Å²) in [6, 6.07) is 9.78. The molecule has 0 bridgehead atoms. The second-order valence-corrected chi connectivity index (χ2v) is 5.43. The van der Waals surface area contributed by atoms with E-state index in [1.165, 1.54) is 0 Å². The van der Waals surface area contributed by atoms with Crippen LogP contribution in [0.25, 0.3) is 0 Å². The highest BCUT2D eigenvalue weighted by Crippen LogP contribution is 2.09. The molecule has 1 unspecified atom stereocenters. The SMILES string of the molecule is NCC(Cc1ccccc1)C(=O)NCC(=O)N1CCCC1. The minimum Gasteiger partial charge on any atom is -0.347 e. The number of carbonyl (C=O) groups is 2. The molecule has 21 heavy (non-hydrogen) atoms. The van der Waals surface area contributed by atoms with Crippen molar-refractivity contribution in [3.63, 3.8) is 0 Å². The number of hydrogen-bond acceptors (Lipinski definition) is 3. The van der Waals surface area contributed by atoms with Gasteiger partial charge in [0.05, 0.1) is 12.5 Å². The van der Waals surface area contributed by atoms with Crippen LogP contribution in [0.5, 0.6) is 0 Å². The third kappa shape index (κ3) is 4.56. The van der Waals surface area contributed by atoms with Crippen molar-refractivity contribution in [3.05, 3.63) is 35.9 Å². The Morgan fingerprint density at radius 2 is 1.86 bits per heavy atom. The van der Waals surface area contributed by atoms with Crippen molar-refractivity contribution in [2.24, 2.45) is 11.7 Å². The number of nitrogens with one attached hydrogen (secondary N) is 1. The van der Waals surface area contributed by atoms with E-state index in [1.54, 1.807) is 4.90 Å². The maximum absolute atomic E-state index is 12.1. The van der Waals surface area contributed by atoms with Gasteiger partial charge in [0.1, 0.15) is 0 Å². The summed E-state index contributed by atoms with van der Waals surface area (Å²) in [6.45, 7) is 1.96. The van der Waals surface area contributed by atoms with Crippen molar-refractivity contribution in [3.8, 4) is 0 Å². The smallest absolute Gasteiger partial charge is 0.241 e. The zero-order valence-corrected chi connectivity index (χ0v) is 12.3. The zero-order chi connectivity index (χ0) is 15.1. The highest BCUT2D eigenvalue weighted by atomic mass is 16.2. The minimum atomic E-state index is -0.293. The van der Waals surface area contributed by atoms with Gasteiger partial charge in [-0.05, 0) is 24.8 Å². The van der Waals surface area contributed by atoms with Crippen LogP contribution >= 0.6 is 0 Å². The maximum atomic E-state index is 12.1. The number of nitrogens with zero attached hydrogens (tertiary/aromatic N) is 1. The number of carbonyl (C=O) groups excluding carboxylic acids is 2. The summed E-state index contributed by atoms with van der Waals surface area (Å²) in [7, 11) is 0. The molecule has 5 nitrogen and oxygen atoms in total. The lowest BCUT2D eigenvalue weighted by Gasteiger charge is -2.18. The lowest BCUT2D eigenvalue weighted by molar-refractivity contribution is -0.133. The molecule has 0 spiro atoms. The van der Waals surface area contributed by atoms with E-state index < -0.39 is 0 Å². The molecule has 0 aliphatic carbocycles. The van der Waals surface area contributed by atoms with Gasteiger partial charge in [-0.3, -0.25) is 9.59 Å². The average Bonchev–Trinajstić information content (AvgIpc) is 3.05. The summed E-state index contributed by atoms with van der Waals surface area (Å²) in [5, 5.41) is 2.72. The van der Waals surface area contributed by atoms with Crippen molar-refractivity contribution in [2.75, 3.05) is 26.2 Å². The Bertz CT molecular complexity index is 470. The Balaban J connectivity index is 1.81. The Labute approximate surface area is 125 Å². The number of hydrogen-bond donors (Lipinski definition) is 2. The Morgan fingerprint density at radius 3 is 2.48 bits per heavy atom. The normalized spacial score (nSPS) is 15.8. The molecule has 1 aliphatic rings. The van der Waals surface area contributed by atoms with Gasteiger partial charge in [0.15, 0.2) is 0 Å². The largest absolute Gasteiger partial charge is 0.347 e. The summed E-state index contributed by atoms with van der Waals surface area (Å²) in [5.74, 6) is -0.441. The summed E-state index contributed by atoms with van der Waals surface area (Å²) in [4.78, 5) is 25.8. The molecule has 0 saturated carbocycles. The molecule has 2 rings (SSSR count). The van der Waals surface area contributed by atoms with Gasteiger partial charge in [-0.2, -0.15) is 0 Å². The van der Waals surface area contributed by atoms with Crippen LogP contribution in [0.1, 0.15) is 18.4 Å². The Morgan fingerprint density at radius 1 is 1.19 bits per heavy atom. The van der Waals surface area contributed by atoms with Gasteiger partial charge in [0.25, 0.3) is 0 Å². The number of amides is 2. The van der Waals surface area contributed by atoms with Crippen LogP contribution in [-0.2, 0) is 16.0 Å².